The predicted octanol–water partition coefficient (Wildman–Crippen LogP) is 4.13. The normalized spacial score (nSPS) is 20.4. The van der Waals surface area contributed by atoms with Crippen LogP contribution in [-0.4, -0.2) is 46.0 Å². The number of halogens is 1. The Hall–Kier alpha value is -0.440. The number of aromatic nitrogens is 1. The van der Waals surface area contributed by atoms with Gasteiger partial charge in [0.15, 0.2) is 5.96 Å². The lowest BCUT2D eigenvalue weighted by Gasteiger charge is -2.45. The first-order valence-electron chi connectivity index (χ1n) is 9.22. The Morgan fingerprint density at radius 2 is 2.08 bits per heavy atom. The molecule has 142 valence electrons. The van der Waals surface area contributed by atoms with Gasteiger partial charge in [0.2, 0.25) is 5.89 Å². The molecule has 0 aromatic carbocycles. The van der Waals surface area contributed by atoms with Crippen molar-refractivity contribution >= 4 is 41.7 Å². The van der Waals surface area contributed by atoms with Gasteiger partial charge in [0.1, 0.15) is 12.3 Å². The van der Waals surface area contributed by atoms with Crippen molar-refractivity contribution in [3.63, 3.8) is 0 Å². The molecule has 1 saturated heterocycles. The van der Waals surface area contributed by atoms with Gasteiger partial charge in [-0.3, -0.25) is 0 Å². The molecule has 1 aliphatic carbocycles. The van der Waals surface area contributed by atoms with E-state index in [1.807, 2.05) is 13.8 Å². The molecule has 3 rings (SSSR count). The minimum atomic E-state index is 0. The average molecular weight is 478 g/mol. The Morgan fingerprint density at radius 3 is 2.72 bits per heavy atom. The SMILES string of the molecule is CCNC(=NCc1nc(C)c(C)o1)N1CCSC2(CCCCC2)C1.I. The summed E-state index contributed by atoms with van der Waals surface area (Å²) in [4.78, 5) is 11.7. The number of aryl methyl sites for hydroxylation is 2. The molecule has 0 amide bonds. The quantitative estimate of drug-likeness (QED) is 0.402. The van der Waals surface area contributed by atoms with Crippen LogP contribution in [-0.2, 0) is 6.54 Å². The molecule has 1 aliphatic heterocycles. The van der Waals surface area contributed by atoms with Gasteiger partial charge < -0.3 is 14.6 Å². The molecule has 5 nitrogen and oxygen atoms in total. The van der Waals surface area contributed by atoms with E-state index < -0.39 is 0 Å². The van der Waals surface area contributed by atoms with Gasteiger partial charge in [-0.05, 0) is 33.6 Å². The Balaban J connectivity index is 0.00000225. The number of rotatable bonds is 3. The van der Waals surface area contributed by atoms with Crippen LogP contribution in [0.25, 0.3) is 0 Å². The second kappa shape index (κ2) is 9.48. The minimum Gasteiger partial charge on any atom is -0.444 e. The van der Waals surface area contributed by atoms with Crippen LogP contribution in [0, 0.1) is 13.8 Å². The molecule has 7 heteroatoms. The van der Waals surface area contributed by atoms with Crippen LogP contribution in [0.4, 0.5) is 0 Å². The number of aliphatic imine (C=N–C) groups is 1. The highest BCUT2D eigenvalue weighted by atomic mass is 127. The van der Waals surface area contributed by atoms with Crippen LogP contribution in [0.1, 0.15) is 56.4 Å². The standard InChI is InChI=1S/C18H30N4OS.HI/c1-4-19-17(20-12-16-21-14(2)15(3)23-16)22-10-11-24-18(13-22)8-6-5-7-9-18;/h4-13H2,1-3H3,(H,19,20);1H. The average Bonchev–Trinajstić information content (AvgIpc) is 2.90. The third-order valence-corrected chi connectivity index (χ3v) is 6.62. The van der Waals surface area contributed by atoms with E-state index >= 15 is 0 Å². The smallest absolute Gasteiger partial charge is 0.216 e. The van der Waals surface area contributed by atoms with Crippen molar-refractivity contribution in [2.75, 3.05) is 25.4 Å². The molecule has 0 radical (unpaired) electrons. The van der Waals surface area contributed by atoms with Crippen molar-refractivity contribution in [3.8, 4) is 0 Å². The summed E-state index contributed by atoms with van der Waals surface area (Å²) in [7, 11) is 0. The Kier molecular flexibility index (Phi) is 7.91. The molecule has 2 aliphatic rings. The summed E-state index contributed by atoms with van der Waals surface area (Å²) in [5.74, 6) is 3.80. The number of hydrogen-bond donors (Lipinski definition) is 1. The highest BCUT2D eigenvalue weighted by Crippen LogP contribution is 2.42. The number of guanidine groups is 1. The van der Waals surface area contributed by atoms with E-state index in [1.54, 1.807) is 0 Å². The largest absolute Gasteiger partial charge is 0.444 e. The van der Waals surface area contributed by atoms with E-state index in [9.17, 15) is 0 Å². The zero-order valence-corrected chi connectivity index (χ0v) is 18.8. The lowest BCUT2D eigenvalue weighted by Crippen LogP contribution is -2.53. The summed E-state index contributed by atoms with van der Waals surface area (Å²) < 4.78 is 6.12. The first-order valence-corrected chi connectivity index (χ1v) is 10.2. The van der Waals surface area contributed by atoms with E-state index in [4.69, 9.17) is 9.41 Å². The van der Waals surface area contributed by atoms with Crippen molar-refractivity contribution in [1.29, 1.82) is 0 Å². The molecule has 1 spiro atoms. The van der Waals surface area contributed by atoms with Gasteiger partial charge in [0, 0.05) is 30.1 Å². The summed E-state index contributed by atoms with van der Waals surface area (Å²) in [5.41, 5.74) is 0.959. The van der Waals surface area contributed by atoms with Crippen LogP contribution in [0.15, 0.2) is 9.41 Å². The van der Waals surface area contributed by atoms with Gasteiger partial charge >= 0.3 is 0 Å². The first kappa shape index (κ1) is 20.9. The first-order chi connectivity index (χ1) is 11.6. The van der Waals surface area contributed by atoms with Crippen LogP contribution in [0.3, 0.4) is 0 Å². The molecular formula is C18H31IN4OS. The third kappa shape index (κ3) is 5.28. The van der Waals surface area contributed by atoms with Crippen LogP contribution in [0.2, 0.25) is 0 Å². The maximum atomic E-state index is 5.67. The van der Waals surface area contributed by atoms with Crippen molar-refractivity contribution in [2.45, 2.75) is 64.2 Å². The molecule has 1 N–H and O–H groups in total. The summed E-state index contributed by atoms with van der Waals surface area (Å²) in [6.45, 7) is 9.65. The monoisotopic (exact) mass is 478 g/mol. The van der Waals surface area contributed by atoms with Crippen molar-refractivity contribution in [3.05, 3.63) is 17.3 Å². The maximum Gasteiger partial charge on any atom is 0.216 e. The van der Waals surface area contributed by atoms with E-state index in [0.29, 0.717) is 17.2 Å². The van der Waals surface area contributed by atoms with Gasteiger partial charge in [0.25, 0.3) is 0 Å². The number of oxazole rings is 1. The van der Waals surface area contributed by atoms with E-state index in [0.717, 1.165) is 37.0 Å². The molecule has 0 unspecified atom stereocenters. The molecule has 0 atom stereocenters. The Bertz CT molecular complexity index is 559. The molecule has 2 heterocycles. The minimum absolute atomic E-state index is 0. The second-order valence-electron chi connectivity index (χ2n) is 6.93. The zero-order chi connectivity index (χ0) is 17.0. The second-order valence-corrected chi connectivity index (χ2v) is 8.50. The fraction of sp³-hybridized carbons (Fsp3) is 0.778. The predicted molar refractivity (Wildman–Crippen MR) is 116 cm³/mol. The topological polar surface area (TPSA) is 53.7 Å². The van der Waals surface area contributed by atoms with Gasteiger partial charge in [-0.1, -0.05) is 19.3 Å². The third-order valence-electron chi connectivity index (χ3n) is 5.08. The summed E-state index contributed by atoms with van der Waals surface area (Å²) in [6, 6.07) is 0. The highest BCUT2D eigenvalue weighted by molar-refractivity contribution is 14.0. The molecule has 1 aromatic rings. The Labute approximate surface area is 172 Å². The Morgan fingerprint density at radius 1 is 1.32 bits per heavy atom. The van der Waals surface area contributed by atoms with Gasteiger partial charge in [-0.25, -0.2) is 9.98 Å². The lowest BCUT2D eigenvalue weighted by atomic mass is 9.87. The van der Waals surface area contributed by atoms with Crippen molar-refractivity contribution in [1.82, 2.24) is 15.2 Å². The van der Waals surface area contributed by atoms with Crippen LogP contribution >= 0.6 is 35.7 Å². The fourth-order valence-electron chi connectivity index (χ4n) is 3.70. The number of hydrogen-bond acceptors (Lipinski definition) is 4. The van der Waals surface area contributed by atoms with Crippen molar-refractivity contribution < 1.29 is 4.42 Å². The number of thioether (sulfide) groups is 1. The maximum absolute atomic E-state index is 5.67. The van der Waals surface area contributed by atoms with E-state index in [-0.39, 0.29) is 24.0 Å². The lowest BCUT2D eigenvalue weighted by molar-refractivity contribution is 0.293. The summed E-state index contributed by atoms with van der Waals surface area (Å²) in [6.07, 6.45) is 6.86. The fourth-order valence-corrected chi connectivity index (χ4v) is 5.27. The molecular weight excluding hydrogens is 447 g/mol. The van der Waals surface area contributed by atoms with E-state index in [1.165, 1.54) is 37.9 Å². The van der Waals surface area contributed by atoms with Crippen LogP contribution in [0.5, 0.6) is 0 Å². The number of nitrogens with zero attached hydrogens (tertiary/aromatic N) is 3. The molecule has 1 aromatic heterocycles. The zero-order valence-electron chi connectivity index (χ0n) is 15.6. The molecule has 25 heavy (non-hydrogen) atoms. The van der Waals surface area contributed by atoms with Gasteiger partial charge in [0.05, 0.1) is 5.69 Å². The number of nitrogens with one attached hydrogen (secondary N) is 1. The van der Waals surface area contributed by atoms with Crippen molar-refractivity contribution in [2.24, 2.45) is 4.99 Å². The van der Waals surface area contributed by atoms with E-state index in [2.05, 4.69) is 33.9 Å². The molecule has 1 saturated carbocycles. The van der Waals surface area contributed by atoms with Gasteiger partial charge in [-0.15, -0.1) is 24.0 Å². The highest BCUT2D eigenvalue weighted by Gasteiger charge is 2.38. The summed E-state index contributed by atoms with van der Waals surface area (Å²) >= 11 is 2.19. The summed E-state index contributed by atoms with van der Waals surface area (Å²) in [5, 5.41) is 3.46. The van der Waals surface area contributed by atoms with Crippen LogP contribution < -0.4 is 5.32 Å². The molecule has 2 fully saturated rings. The van der Waals surface area contributed by atoms with Gasteiger partial charge in [-0.2, -0.15) is 11.8 Å². The molecule has 0 bridgehead atoms.